The topological polar surface area (TPSA) is 90.8 Å². The van der Waals surface area contributed by atoms with Crippen molar-refractivity contribution in [3.63, 3.8) is 0 Å². The molecule has 1 aliphatic heterocycles. The standard InChI is InChI=1S/C13H15N3O3/c17-10-5-3-9(4-6-10)8-15-16-13(19)11-2-1-7-14-12(11)18/h3-6,8,11,17H,1-2,7H2,(H,14,18)(H,16,19)/b15-8+/t11-/m0/s1. The van der Waals surface area contributed by atoms with E-state index in [1.54, 1.807) is 12.1 Å². The number of aromatic hydroxyl groups is 1. The summed E-state index contributed by atoms with van der Waals surface area (Å²) in [5.41, 5.74) is 3.09. The highest BCUT2D eigenvalue weighted by Gasteiger charge is 2.28. The normalized spacial score (nSPS) is 19.2. The molecule has 1 saturated heterocycles. The molecule has 2 rings (SSSR count). The summed E-state index contributed by atoms with van der Waals surface area (Å²) in [4.78, 5) is 23.2. The van der Waals surface area contributed by atoms with Crippen LogP contribution in [0.5, 0.6) is 5.75 Å². The largest absolute Gasteiger partial charge is 0.508 e. The molecule has 0 bridgehead atoms. The van der Waals surface area contributed by atoms with Crippen molar-refractivity contribution in [2.45, 2.75) is 12.8 Å². The van der Waals surface area contributed by atoms with Gasteiger partial charge in [0.05, 0.1) is 6.21 Å². The zero-order chi connectivity index (χ0) is 13.7. The number of phenols is 1. The van der Waals surface area contributed by atoms with E-state index in [-0.39, 0.29) is 11.7 Å². The molecule has 0 radical (unpaired) electrons. The van der Waals surface area contributed by atoms with Gasteiger partial charge in [0.15, 0.2) is 0 Å². The number of carbonyl (C=O) groups is 2. The highest BCUT2D eigenvalue weighted by molar-refractivity contribution is 6.00. The highest BCUT2D eigenvalue weighted by Crippen LogP contribution is 2.11. The van der Waals surface area contributed by atoms with Crippen LogP contribution in [0.4, 0.5) is 0 Å². The maximum Gasteiger partial charge on any atom is 0.252 e. The summed E-state index contributed by atoms with van der Waals surface area (Å²) in [6.45, 7) is 0.624. The number of rotatable bonds is 3. The summed E-state index contributed by atoms with van der Waals surface area (Å²) >= 11 is 0. The van der Waals surface area contributed by atoms with Gasteiger partial charge in [-0.3, -0.25) is 9.59 Å². The second-order valence-electron chi connectivity index (χ2n) is 4.31. The Hall–Kier alpha value is -2.37. The summed E-state index contributed by atoms with van der Waals surface area (Å²) < 4.78 is 0. The van der Waals surface area contributed by atoms with Crippen LogP contribution >= 0.6 is 0 Å². The van der Waals surface area contributed by atoms with Gasteiger partial charge in [0, 0.05) is 6.54 Å². The van der Waals surface area contributed by atoms with Crippen molar-refractivity contribution in [1.29, 1.82) is 0 Å². The van der Waals surface area contributed by atoms with Crippen LogP contribution in [0.25, 0.3) is 0 Å². The summed E-state index contributed by atoms with van der Waals surface area (Å²) in [6, 6.07) is 6.38. The molecule has 0 unspecified atom stereocenters. The predicted octanol–water partition coefficient (Wildman–Crippen LogP) is 0.369. The third-order valence-corrected chi connectivity index (χ3v) is 2.88. The molecule has 6 heteroatoms. The lowest BCUT2D eigenvalue weighted by molar-refractivity contribution is -0.136. The van der Waals surface area contributed by atoms with Crippen LogP contribution < -0.4 is 10.7 Å². The second-order valence-corrected chi connectivity index (χ2v) is 4.31. The minimum atomic E-state index is -0.661. The molecular weight excluding hydrogens is 246 g/mol. The van der Waals surface area contributed by atoms with Crippen molar-refractivity contribution in [3.05, 3.63) is 29.8 Å². The Kier molecular flexibility index (Phi) is 4.12. The first-order valence-corrected chi connectivity index (χ1v) is 6.06. The van der Waals surface area contributed by atoms with Crippen molar-refractivity contribution < 1.29 is 14.7 Å². The average molecular weight is 261 g/mol. The maximum atomic E-state index is 11.7. The summed E-state index contributed by atoms with van der Waals surface area (Å²) in [5.74, 6) is -1.14. The van der Waals surface area contributed by atoms with Crippen molar-refractivity contribution in [2.24, 2.45) is 11.0 Å². The minimum absolute atomic E-state index is 0.167. The molecule has 1 atom stereocenters. The van der Waals surface area contributed by atoms with Crippen molar-refractivity contribution in [1.82, 2.24) is 10.7 Å². The van der Waals surface area contributed by atoms with Gasteiger partial charge in [0.2, 0.25) is 5.91 Å². The molecule has 100 valence electrons. The number of nitrogens with zero attached hydrogens (tertiary/aromatic N) is 1. The van der Waals surface area contributed by atoms with E-state index in [0.29, 0.717) is 13.0 Å². The molecule has 1 aromatic rings. The molecule has 1 heterocycles. The Morgan fingerprint density at radius 3 is 2.84 bits per heavy atom. The number of phenolic OH excluding ortho intramolecular Hbond substituents is 1. The van der Waals surface area contributed by atoms with E-state index in [1.165, 1.54) is 18.3 Å². The molecule has 0 aromatic heterocycles. The summed E-state index contributed by atoms with van der Waals surface area (Å²) in [6.07, 6.45) is 2.80. The maximum absolute atomic E-state index is 11.7. The highest BCUT2D eigenvalue weighted by atomic mass is 16.3. The average Bonchev–Trinajstić information content (AvgIpc) is 2.41. The fourth-order valence-corrected chi connectivity index (χ4v) is 1.83. The third-order valence-electron chi connectivity index (χ3n) is 2.88. The zero-order valence-corrected chi connectivity index (χ0v) is 10.3. The van der Waals surface area contributed by atoms with Crippen molar-refractivity contribution in [3.8, 4) is 5.75 Å². The lowest BCUT2D eigenvalue weighted by atomic mass is 9.98. The van der Waals surface area contributed by atoms with Crippen LogP contribution in [0.3, 0.4) is 0 Å². The number of piperidine rings is 1. The van der Waals surface area contributed by atoms with Gasteiger partial charge in [-0.05, 0) is 42.7 Å². The number of hydrogen-bond donors (Lipinski definition) is 3. The van der Waals surface area contributed by atoms with Gasteiger partial charge in [-0.1, -0.05) is 0 Å². The molecule has 1 fully saturated rings. The van der Waals surface area contributed by atoms with E-state index in [9.17, 15) is 9.59 Å². The monoisotopic (exact) mass is 261 g/mol. The first kappa shape index (κ1) is 13.1. The Bertz CT molecular complexity index is 496. The van der Waals surface area contributed by atoms with Crippen molar-refractivity contribution >= 4 is 18.0 Å². The molecule has 6 nitrogen and oxygen atoms in total. The lowest BCUT2D eigenvalue weighted by Gasteiger charge is -2.19. The molecule has 1 aliphatic rings. The molecule has 0 aliphatic carbocycles. The Labute approximate surface area is 110 Å². The van der Waals surface area contributed by atoms with Gasteiger partial charge in [-0.2, -0.15) is 5.10 Å². The summed E-state index contributed by atoms with van der Waals surface area (Å²) in [7, 11) is 0. The van der Waals surface area contributed by atoms with E-state index in [2.05, 4.69) is 15.8 Å². The zero-order valence-electron chi connectivity index (χ0n) is 10.3. The van der Waals surface area contributed by atoms with Gasteiger partial charge in [-0.15, -0.1) is 0 Å². The van der Waals surface area contributed by atoms with Gasteiger partial charge in [-0.25, -0.2) is 5.43 Å². The van der Waals surface area contributed by atoms with Gasteiger partial charge in [0.1, 0.15) is 11.7 Å². The minimum Gasteiger partial charge on any atom is -0.508 e. The molecular formula is C13H15N3O3. The van der Waals surface area contributed by atoms with Crippen LogP contribution in [0.15, 0.2) is 29.4 Å². The molecule has 2 amide bonds. The number of amides is 2. The van der Waals surface area contributed by atoms with E-state index in [0.717, 1.165) is 12.0 Å². The fraction of sp³-hybridized carbons (Fsp3) is 0.308. The Balaban J connectivity index is 1.89. The van der Waals surface area contributed by atoms with Gasteiger partial charge >= 0.3 is 0 Å². The molecule has 0 spiro atoms. The molecule has 1 aromatic carbocycles. The smallest absolute Gasteiger partial charge is 0.252 e. The van der Waals surface area contributed by atoms with Crippen LogP contribution in [0.2, 0.25) is 0 Å². The summed E-state index contributed by atoms with van der Waals surface area (Å²) in [5, 5.41) is 15.6. The van der Waals surface area contributed by atoms with Crippen LogP contribution in [0, 0.1) is 5.92 Å². The SMILES string of the molecule is O=C1NCCC[C@@H]1C(=O)N/N=C/c1ccc(O)cc1. The number of nitrogens with one attached hydrogen (secondary N) is 2. The first-order chi connectivity index (χ1) is 9.16. The lowest BCUT2D eigenvalue weighted by Crippen LogP contribution is -2.43. The Morgan fingerprint density at radius 1 is 1.42 bits per heavy atom. The van der Waals surface area contributed by atoms with E-state index in [4.69, 9.17) is 5.11 Å². The van der Waals surface area contributed by atoms with E-state index < -0.39 is 11.8 Å². The van der Waals surface area contributed by atoms with Crippen LogP contribution in [0.1, 0.15) is 18.4 Å². The number of hydrogen-bond acceptors (Lipinski definition) is 4. The van der Waals surface area contributed by atoms with Crippen molar-refractivity contribution in [2.75, 3.05) is 6.54 Å². The van der Waals surface area contributed by atoms with E-state index in [1.807, 2.05) is 0 Å². The van der Waals surface area contributed by atoms with E-state index >= 15 is 0 Å². The van der Waals surface area contributed by atoms with Gasteiger partial charge in [0.25, 0.3) is 5.91 Å². The number of hydrazone groups is 1. The molecule has 3 N–H and O–H groups in total. The predicted molar refractivity (Wildman–Crippen MR) is 69.6 cm³/mol. The van der Waals surface area contributed by atoms with Gasteiger partial charge < -0.3 is 10.4 Å². The first-order valence-electron chi connectivity index (χ1n) is 6.06. The van der Waals surface area contributed by atoms with Crippen LogP contribution in [-0.2, 0) is 9.59 Å². The Morgan fingerprint density at radius 2 is 2.16 bits per heavy atom. The number of benzene rings is 1. The quantitative estimate of drug-likeness (QED) is 0.417. The second kappa shape index (κ2) is 5.99. The van der Waals surface area contributed by atoms with Crippen LogP contribution in [-0.4, -0.2) is 29.7 Å². The third kappa shape index (κ3) is 3.54. The number of carbonyl (C=O) groups excluding carboxylic acids is 2. The molecule has 0 saturated carbocycles. The molecule has 19 heavy (non-hydrogen) atoms. The fourth-order valence-electron chi connectivity index (χ4n) is 1.83.